The summed E-state index contributed by atoms with van der Waals surface area (Å²) in [7, 11) is 0. The maximum Gasteiger partial charge on any atom is 0.0819 e. The van der Waals surface area contributed by atoms with Crippen LogP contribution in [-0.2, 0) is 0 Å². The van der Waals surface area contributed by atoms with Crippen molar-refractivity contribution in [2.24, 2.45) is 0 Å². The molecule has 0 saturated carbocycles. The van der Waals surface area contributed by atoms with Crippen LogP contribution in [0.2, 0.25) is 0 Å². The molecular weight excluding hydrogens is 156 g/mol. The molecule has 1 heterocycles. The molecule has 52 valence electrons. The maximum atomic E-state index is 8.62. The Labute approximate surface area is 62.3 Å². The Bertz CT molecular complexity index is 124. The molecule has 2 nitrogen and oxygen atoms in total. The van der Waals surface area contributed by atoms with Gasteiger partial charge in [-0.05, 0) is 5.41 Å². The van der Waals surface area contributed by atoms with Crippen LogP contribution in [0.4, 0.5) is 0 Å². The first kappa shape index (κ1) is 7.47. The maximum absolute atomic E-state index is 8.62. The van der Waals surface area contributed by atoms with E-state index in [0.29, 0.717) is 0 Å². The van der Waals surface area contributed by atoms with Crippen molar-refractivity contribution in [1.82, 2.24) is 0 Å². The smallest absolute Gasteiger partial charge is 0.0819 e. The number of aliphatic hydroxyl groups is 2. The normalized spacial score (nSPS) is 26.4. The van der Waals surface area contributed by atoms with Crippen molar-refractivity contribution in [2.45, 2.75) is 4.58 Å². The summed E-state index contributed by atoms with van der Waals surface area (Å²) < 4.78 is 0.215. The van der Waals surface area contributed by atoms with Gasteiger partial charge in [-0.1, -0.05) is 0 Å². The molecule has 0 aromatic heterocycles. The summed E-state index contributed by atoms with van der Waals surface area (Å²) >= 11 is 3.10. The summed E-state index contributed by atoms with van der Waals surface area (Å²) in [6.45, 7) is 0.281. The highest BCUT2D eigenvalue weighted by Gasteiger charge is 2.15. The Morgan fingerprint density at radius 3 is 2.67 bits per heavy atom. The van der Waals surface area contributed by atoms with Crippen LogP contribution in [0.15, 0.2) is 10.3 Å². The average Bonchev–Trinajstić information content (AvgIpc) is 2.34. The first-order valence-electron chi connectivity index (χ1n) is 2.59. The first-order chi connectivity index (χ1) is 4.36. The van der Waals surface area contributed by atoms with Gasteiger partial charge in [0.05, 0.1) is 17.8 Å². The lowest BCUT2D eigenvalue weighted by Gasteiger charge is -2.01. The molecule has 1 rings (SSSR count). The molecule has 0 saturated heterocycles. The van der Waals surface area contributed by atoms with Gasteiger partial charge in [-0.25, -0.2) is 0 Å². The van der Waals surface area contributed by atoms with Gasteiger partial charge < -0.3 is 10.2 Å². The molecular formula is C5H8O2S2. The summed E-state index contributed by atoms with van der Waals surface area (Å²) in [5, 5.41) is 19.1. The van der Waals surface area contributed by atoms with Crippen LogP contribution in [-0.4, -0.2) is 28.0 Å². The van der Waals surface area contributed by atoms with Gasteiger partial charge in [0.25, 0.3) is 0 Å². The van der Waals surface area contributed by atoms with Gasteiger partial charge in [0, 0.05) is 4.91 Å². The number of thioether (sulfide) groups is 2. The Hall–Kier alpha value is 0.360. The summed E-state index contributed by atoms with van der Waals surface area (Å²) in [5.74, 6) is 0. The van der Waals surface area contributed by atoms with Gasteiger partial charge in [0.1, 0.15) is 0 Å². The van der Waals surface area contributed by atoms with Crippen molar-refractivity contribution in [3.05, 3.63) is 10.3 Å². The lowest BCUT2D eigenvalue weighted by molar-refractivity contribution is 0.316. The highest BCUT2D eigenvalue weighted by molar-refractivity contribution is 8.23. The van der Waals surface area contributed by atoms with Crippen LogP contribution >= 0.6 is 23.5 Å². The molecule has 1 aliphatic heterocycles. The fourth-order valence-corrected chi connectivity index (χ4v) is 2.63. The minimum Gasteiger partial charge on any atom is -0.394 e. The third-order valence-electron chi connectivity index (χ3n) is 0.939. The summed E-state index contributed by atoms with van der Waals surface area (Å²) in [6.07, 6.45) is 0. The Balaban J connectivity index is 2.31. The highest BCUT2D eigenvalue weighted by Crippen LogP contribution is 2.38. The van der Waals surface area contributed by atoms with Crippen molar-refractivity contribution in [1.29, 1.82) is 0 Å². The van der Waals surface area contributed by atoms with E-state index in [2.05, 4.69) is 0 Å². The van der Waals surface area contributed by atoms with Crippen molar-refractivity contribution < 1.29 is 10.2 Å². The van der Waals surface area contributed by atoms with Gasteiger partial charge in [-0.15, -0.1) is 23.5 Å². The van der Waals surface area contributed by atoms with Crippen LogP contribution in [0.5, 0.6) is 0 Å². The quantitative estimate of drug-likeness (QED) is 0.627. The monoisotopic (exact) mass is 164 g/mol. The van der Waals surface area contributed by atoms with E-state index < -0.39 is 0 Å². The molecule has 0 fully saturated rings. The number of hydrogen-bond acceptors (Lipinski definition) is 4. The molecule has 1 atom stereocenters. The zero-order valence-electron chi connectivity index (χ0n) is 4.78. The van der Waals surface area contributed by atoms with Crippen molar-refractivity contribution in [2.75, 3.05) is 13.2 Å². The van der Waals surface area contributed by atoms with Crippen LogP contribution in [0, 0.1) is 0 Å². The third-order valence-corrected chi connectivity index (χ3v) is 3.55. The third kappa shape index (κ3) is 1.89. The van der Waals surface area contributed by atoms with Gasteiger partial charge in [-0.3, -0.25) is 0 Å². The highest BCUT2D eigenvalue weighted by atomic mass is 32.2. The summed E-state index contributed by atoms with van der Waals surface area (Å²) in [4.78, 5) is 0.957. The fraction of sp³-hybridized carbons (Fsp3) is 0.600. The molecule has 1 aliphatic rings. The number of aliphatic hydroxyl groups excluding tert-OH is 2. The predicted octanol–water partition coefficient (Wildman–Crippen LogP) is 0.619. The molecule has 0 aromatic rings. The zero-order chi connectivity index (χ0) is 6.69. The van der Waals surface area contributed by atoms with Gasteiger partial charge in [0.15, 0.2) is 0 Å². The SMILES string of the molecule is OCC1=CSC(CO)S1. The van der Waals surface area contributed by atoms with Crippen LogP contribution < -0.4 is 0 Å². The molecule has 0 bridgehead atoms. The van der Waals surface area contributed by atoms with E-state index in [9.17, 15) is 0 Å². The zero-order valence-corrected chi connectivity index (χ0v) is 6.41. The lowest BCUT2D eigenvalue weighted by Crippen LogP contribution is -1.98. The first-order valence-corrected chi connectivity index (χ1v) is 4.42. The van der Waals surface area contributed by atoms with Crippen molar-refractivity contribution in [3.63, 3.8) is 0 Å². The minimum absolute atomic E-state index is 0.105. The van der Waals surface area contributed by atoms with Crippen molar-refractivity contribution >= 4 is 23.5 Å². The number of hydrogen-bond donors (Lipinski definition) is 2. The van der Waals surface area contributed by atoms with E-state index >= 15 is 0 Å². The molecule has 0 aliphatic carbocycles. The molecule has 0 radical (unpaired) electrons. The van der Waals surface area contributed by atoms with Crippen molar-refractivity contribution in [3.8, 4) is 0 Å². The molecule has 9 heavy (non-hydrogen) atoms. The molecule has 0 spiro atoms. The Morgan fingerprint density at radius 2 is 2.33 bits per heavy atom. The van der Waals surface area contributed by atoms with E-state index in [1.54, 1.807) is 11.8 Å². The predicted molar refractivity (Wildman–Crippen MR) is 41.2 cm³/mol. The topological polar surface area (TPSA) is 40.5 Å². The standard InChI is InChI=1S/C5H8O2S2/c6-1-4-3-8-5(2-7)9-4/h3,5-7H,1-2H2. The Kier molecular flexibility index (Phi) is 2.91. The van der Waals surface area contributed by atoms with Gasteiger partial charge >= 0.3 is 0 Å². The summed E-state index contributed by atoms with van der Waals surface area (Å²) in [5.41, 5.74) is 0. The van der Waals surface area contributed by atoms with E-state index in [4.69, 9.17) is 10.2 Å². The lowest BCUT2D eigenvalue weighted by atomic mass is 10.7. The van der Waals surface area contributed by atoms with E-state index in [-0.39, 0.29) is 17.8 Å². The van der Waals surface area contributed by atoms with E-state index in [1.807, 2.05) is 5.41 Å². The average molecular weight is 164 g/mol. The van der Waals surface area contributed by atoms with Crippen LogP contribution in [0.3, 0.4) is 0 Å². The van der Waals surface area contributed by atoms with Crippen LogP contribution in [0.25, 0.3) is 0 Å². The second-order valence-corrected chi connectivity index (χ2v) is 4.31. The van der Waals surface area contributed by atoms with Crippen LogP contribution in [0.1, 0.15) is 0 Å². The molecule has 4 heteroatoms. The van der Waals surface area contributed by atoms with Gasteiger partial charge in [0.2, 0.25) is 0 Å². The van der Waals surface area contributed by atoms with E-state index in [1.165, 1.54) is 11.8 Å². The molecule has 1 unspecified atom stereocenters. The minimum atomic E-state index is 0.105. The second-order valence-electron chi connectivity index (χ2n) is 1.61. The second kappa shape index (κ2) is 3.51. The molecule has 2 N–H and O–H groups in total. The fourth-order valence-electron chi connectivity index (χ4n) is 0.531. The van der Waals surface area contributed by atoms with Gasteiger partial charge in [-0.2, -0.15) is 0 Å². The Morgan fingerprint density at radius 1 is 1.56 bits per heavy atom. The largest absolute Gasteiger partial charge is 0.394 e. The van der Waals surface area contributed by atoms with E-state index in [0.717, 1.165) is 4.91 Å². The molecule has 0 amide bonds. The molecule has 0 aromatic carbocycles. The summed E-state index contributed by atoms with van der Waals surface area (Å²) in [6, 6.07) is 0. The number of rotatable bonds is 2.